The van der Waals surface area contributed by atoms with Crippen LogP contribution in [0.5, 0.6) is 0 Å². The second-order valence-electron chi connectivity index (χ2n) is 11.6. The van der Waals surface area contributed by atoms with Crippen LogP contribution in [0.1, 0.15) is 74.0 Å². The van der Waals surface area contributed by atoms with Crippen molar-refractivity contribution in [3.8, 4) is 0 Å². The third kappa shape index (κ3) is 7.08. The summed E-state index contributed by atoms with van der Waals surface area (Å²) in [5.74, 6) is 1.22. The van der Waals surface area contributed by atoms with Crippen molar-refractivity contribution < 1.29 is 4.79 Å². The normalized spacial score (nSPS) is 19.9. The molecule has 0 bridgehead atoms. The molecule has 5 unspecified atom stereocenters. The van der Waals surface area contributed by atoms with E-state index in [4.69, 9.17) is 0 Å². The van der Waals surface area contributed by atoms with Crippen molar-refractivity contribution in [3.63, 3.8) is 0 Å². The van der Waals surface area contributed by atoms with Crippen molar-refractivity contribution >= 4 is 5.91 Å². The number of allylic oxidation sites excluding steroid dienone is 1. The molecule has 0 aliphatic carbocycles. The fourth-order valence-corrected chi connectivity index (χ4v) is 6.51. The van der Waals surface area contributed by atoms with Crippen molar-refractivity contribution in [3.05, 3.63) is 120 Å². The number of benzene rings is 3. The van der Waals surface area contributed by atoms with Crippen LogP contribution in [0.2, 0.25) is 0 Å². The molecule has 206 valence electrons. The maximum Gasteiger partial charge on any atom is 0.231 e. The highest BCUT2D eigenvalue weighted by Gasteiger charge is 2.46. The third-order valence-electron chi connectivity index (χ3n) is 8.75. The lowest BCUT2D eigenvalue weighted by atomic mass is 9.71. The fraction of sp³-hybridized carbons (Fsp3) is 0.417. The minimum absolute atomic E-state index is 0.0951. The number of likely N-dealkylation sites (tertiary alicyclic amines) is 1. The standard InChI is InChI=1S/C36H46N2O/c1-6-29(30-17-10-7-11-18-30)25-33(31-19-12-8-13-20-31)26-34(32-21-14-9-15-22-32)35-27(2)28(3)38(36(35)39)24-16-23-37(4)5/h7-15,17-22,27,29,33-35H,3,6,16,23-26H2,1-2,4-5H3. The molecule has 1 aliphatic rings. The number of rotatable bonds is 13. The molecular formula is C36H46N2O. The third-order valence-corrected chi connectivity index (χ3v) is 8.75. The van der Waals surface area contributed by atoms with Gasteiger partial charge in [-0.2, -0.15) is 0 Å². The number of nitrogens with zero attached hydrogens (tertiary/aromatic N) is 2. The molecule has 3 nitrogen and oxygen atoms in total. The van der Waals surface area contributed by atoms with Crippen LogP contribution in [0.25, 0.3) is 0 Å². The van der Waals surface area contributed by atoms with Gasteiger partial charge in [0.1, 0.15) is 0 Å². The second-order valence-corrected chi connectivity index (χ2v) is 11.6. The van der Waals surface area contributed by atoms with Crippen molar-refractivity contribution in [2.75, 3.05) is 27.2 Å². The van der Waals surface area contributed by atoms with Gasteiger partial charge >= 0.3 is 0 Å². The number of carbonyl (C=O) groups is 1. The van der Waals surface area contributed by atoms with Crippen LogP contribution >= 0.6 is 0 Å². The zero-order valence-corrected chi connectivity index (χ0v) is 24.3. The Balaban J connectivity index is 1.67. The average Bonchev–Trinajstić information content (AvgIpc) is 3.17. The molecule has 5 atom stereocenters. The molecule has 1 fully saturated rings. The lowest BCUT2D eigenvalue weighted by Gasteiger charge is -2.31. The van der Waals surface area contributed by atoms with E-state index in [0.717, 1.165) is 44.5 Å². The molecule has 0 saturated carbocycles. The van der Waals surface area contributed by atoms with Gasteiger partial charge in [-0.1, -0.05) is 111 Å². The Kier molecular flexibility index (Phi) is 10.2. The highest BCUT2D eigenvalue weighted by Crippen LogP contribution is 2.47. The predicted molar refractivity (Wildman–Crippen MR) is 164 cm³/mol. The molecule has 0 N–H and O–H groups in total. The van der Waals surface area contributed by atoms with Gasteiger partial charge in [0.25, 0.3) is 0 Å². The van der Waals surface area contributed by atoms with Crippen LogP contribution in [0.4, 0.5) is 0 Å². The summed E-state index contributed by atoms with van der Waals surface area (Å²) in [6.07, 6.45) is 4.06. The fourth-order valence-electron chi connectivity index (χ4n) is 6.51. The number of amides is 1. The van der Waals surface area contributed by atoms with Crippen LogP contribution in [0.15, 0.2) is 103 Å². The van der Waals surface area contributed by atoms with Crippen LogP contribution in [0, 0.1) is 11.8 Å². The highest BCUT2D eigenvalue weighted by molar-refractivity contribution is 5.85. The van der Waals surface area contributed by atoms with Crippen LogP contribution in [-0.2, 0) is 4.79 Å². The predicted octanol–water partition coefficient (Wildman–Crippen LogP) is 8.09. The van der Waals surface area contributed by atoms with Gasteiger partial charge in [-0.05, 0) is 80.8 Å². The summed E-state index contributed by atoms with van der Waals surface area (Å²) in [7, 11) is 4.17. The molecule has 0 spiro atoms. The zero-order chi connectivity index (χ0) is 27.8. The van der Waals surface area contributed by atoms with E-state index in [9.17, 15) is 4.79 Å². The Morgan fingerprint density at radius 2 is 1.31 bits per heavy atom. The Hall–Kier alpha value is -3.17. The number of hydrogen-bond donors (Lipinski definition) is 0. The molecule has 4 rings (SSSR count). The summed E-state index contributed by atoms with van der Waals surface area (Å²) >= 11 is 0. The first-order chi connectivity index (χ1) is 18.9. The summed E-state index contributed by atoms with van der Waals surface area (Å²) in [6, 6.07) is 32.6. The van der Waals surface area contributed by atoms with Gasteiger partial charge in [0.15, 0.2) is 0 Å². The Morgan fingerprint density at radius 3 is 1.82 bits per heavy atom. The Bertz CT molecular complexity index is 1170. The summed E-state index contributed by atoms with van der Waals surface area (Å²) in [4.78, 5) is 18.3. The maximum absolute atomic E-state index is 14.1. The molecule has 0 radical (unpaired) electrons. The topological polar surface area (TPSA) is 23.6 Å². The molecule has 3 heteroatoms. The quantitative estimate of drug-likeness (QED) is 0.226. The van der Waals surface area contributed by atoms with Crippen molar-refractivity contribution in [1.29, 1.82) is 0 Å². The van der Waals surface area contributed by atoms with Gasteiger partial charge in [0.05, 0.1) is 5.92 Å². The monoisotopic (exact) mass is 522 g/mol. The SMILES string of the molecule is C=C1C(C)C(C(CC(CC(CC)c2ccccc2)c2ccccc2)c2ccccc2)C(=O)N1CCCN(C)C. The van der Waals surface area contributed by atoms with Crippen LogP contribution < -0.4 is 0 Å². The first-order valence-electron chi connectivity index (χ1n) is 14.7. The van der Waals surface area contributed by atoms with Gasteiger partial charge in [0.2, 0.25) is 5.91 Å². The molecule has 3 aromatic rings. The van der Waals surface area contributed by atoms with Gasteiger partial charge in [-0.15, -0.1) is 0 Å². The van der Waals surface area contributed by atoms with Crippen LogP contribution in [0.3, 0.4) is 0 Å². The van der Waals surface area contributed by atoms with E-state index in [2.05, 4.69) is 130 Å². The molecule has 3 aromatic carbocycles. The van der Waals surface area contributed by atoms with E-state index in [1.54, 1.807) is 0 Å². The Labute approximate surface area is 236 Å². The molecule has 1 heterocycles. The molecule has 1 amide bonds. The van der Waals surface area contributed by atoms with E-state index in [-0.39, 0.29) is 23.7 Å². The van der Waals surface area contributed by atoms with Crippen molar-refractivity contribution in [2.45, 2.75) is 57.3 Å². The summed E-state index contributed by atoms with van der Waals surface area (Å²) in [5, 5.41) is 0. The zero-order valence-electron chi connectivity index (χ0n) is 24.3. The maximum atomic E-state index is 14.1. The van der Waals surface area contributed by atoms with Gasteiger partial charge in [-0.3, -0.25) is 4.79 Å². The van der Waals surface area contributed by atoms with E-state index < -0.39 is 0 Å². The smallest absolute Gasteiger partial charge is 0.231 e. The lowest BCUT2D eigenvalue weighted by molar-refractivity contribution is -0.131. The van der Waals surface area contributed by atoms with Gasteiger partial charge < -0.3 is 9.80 Å². The molecule has 1 aliphatic heterocycles. The van der Waals surface area contributed by atoms with E-state index in [0.29, 0.717) is 11.8 Å². The summed E-state index contributed by atoms with van der Waals surface area (Å²) in [5.41, 5.74) is 5.02. The molecule has 0 aromatic heterocycles. The van der Waals surface area contributed by atoms with Crippen molar-refractivity contribution in [1.82, 2.24) is 9.80 Å². The minimum atomic E-state index is -0.0951. The van der Waals surface area contributed by atoms with E-state index in [1.807, 2.05) is 4.90 Å². The van der Waals surface area contributed by atoms with Gasteiger partial charge in [0, 0.05) is 18.2 Å². The minimum Gasteiger partial charge on any atom is -0.316 e. The summed E-state index contributed by atoms with van der Waals surface area (Å²) in [6.45, 7) is 10.6. The largest absolute Gasteiger partial charge is 0.316 e. The van der Waals surface area contributed by atoms with Crippen molar-refractivity contribution in [2.24, 2.45) is 11.8 Å². The average molecular weight is 523 g/mol. The number of carbonyl (C=O) groups excluding carboxylic acids is 1. The first-order valence-corrected chi connectivity index (χ1v) is 14.7. The highest BCUT2D eigenvalue weighted by atomic mass is 16.2. The second kappa shape index (κ2) is 13.8. The first kappa shape index (κ1) is 28.8. The molecule has 39 heavy (non-hydrogen) atoms. The van der Waals surface area contributed by atoms with E-state index >= 15 is 0 Å². The molecule has 1 saturated heterocycles. The Morgan fingerprint density at radius 1 is 0.795 bits per heavy atom. The number of hydrogen-bond acceptors (Lipinski definition) is 2. The lowest BCUT2D eigenvalue weighted by Crippen LogP contribution is -2.32. The van der Waals surface area contributed by atoms with E-state index in [1.165, 1.54) is 16.7 Å². The van der Waals surface area contributed by atoms with Crippen LogP contribution in [-0.4, -0.2) is 42.9 Å². The summed E-state index contributed by atoms with van der Waals surface area (Å²) < 4.78 is 0. The molecular weight excluding hydrogens is 476 g/mol. The van der Waals surface area contributed by atoms with Gasteiger partial charge in [-0.25, -0.2) is 0 Å².